The molecule has 3 heterocycles. The van der Waals surface area contributed by atoms with Crippen LogP contribution in [0.2, 0.25) is 0 Å². The van der Waals surface area contributed by atoms with Crippen molar-refractivity contribution in [1.82, 2.24) is 19.9 Å². The zero-order valence-electron chi connectivity index (χ0n) is 15.0. The lowest BCUT2D eigenvalue weighted by atomic mass is 9.88. The number of H-pyrrole nitrogens is 1. The van der Waals surface area contributed by atoms with Crippen molar-refractivity contribution < 1.29 is 9.47 Å². The summed E-state index contributed by atoms with van der Waals surface area (Å²) >= 11 is 0. The largest absolute Gasteiger partial charge is 0.493 e. The van der Waals surface area contributed by atoms with Crippen molar-refractivity contribution in [2.24, 2.45) is 0 Å². The highest BCUT2D eigenvalue weighted by Crippen LogP contribution is 2.41. The molecule has 6 nitrogen and oxygen atoms in total. The van der Waals surface area contributed by atoms with Gasteiger partial charge in [-0.15, -0.1) is 0 Å². The predicted molar refractivity (Wildman–Crippen MR) is 98.3 cm³/mol. The zero-order chi connectivity index (χ0) is 17.9. The molecule has 0 saturated heterocycles. The van der Waals surface area contributed by atoms with Crippen molar-refractivity contribution in [2.45, 2.75) is 19.0 Å². The lowest BCUT2D eigenvalue weighted by Gasteiger charge is -2.37. The van der Waals surface area contributed by atoms with Crippen molar-refractivity contribution in [1.29, 1.82) is 0 Å². The van der Waals surface area contributed by atoms with Gasteiger partial charge in [-0.25, -0.2) is 4.98 Å². The molecule has 0 unspecified atom stereocenters. The van der Waals surface area contributed by atoms with E-state index >= 15 is 0 Å². The molecule has 1 aliphatic heterocycles. The molecule has 0 aliphatic carbocycles. The Balaban J connectivity index is 1.80. The number of nitrogens with one attached hydrogen (secondary N) is 1. The second kappa shape index (κ2) is 7.17. The monoisotopic (exact) mass is 350 g/mol. The maximum atomic E-state index is 5.55. The van der Waals surface area contributed by atoms with Crippen LogP contribution in [0.3, 0.4) is 0 Å². The molecule has 6 heteroatoms. The molecule has 3 aromatic rings. The normalized spacial score (nSPS) is 16.9. The molecule has 0 radical (unpaired) electrons. The average molecular weight is 350 g/mol. The van der Waals surface area contributed by atoms with Crippen LogP contribution in [0.15, 0.2) is 49.2 Å². The first kappa shape index (κ1) is 16.6. The standard InChI is InChI=1S/C20H22N4O2/c1-25-18-8-14-5-7-24(12-16-11-22-13-23-16)20(15-4-3-6-21-10-15)17(14)9-19(18)26-2/h3-4,6,8-11,13,20H,5,7,12H2,1-2H3,(H,22,23)/t20-/m1/s1. The summed E-state index contributed by atoms with van der Waals surface area (Å²) in [6.45, 7) is 1.74. The van der Waals surface area contributed by atoms with Gasteiger partial charge in [-0.05, 0) is 41.3 Å². The number of hydrogen-bond acceptors (Lipinski definition) is 5. The number of benzene rings is 1. The van der Waals surface area contributed by atoms with E-state index < -0.39 is 0 Å². The number of pyridine rings is 1. The van der Waals surface area contributed by atoms with Gasteiger partial charge in [0.15, 0.2) is 11.5 Å². The minimum atomic E-state index is 0.107. The van der Waals surface area contributed by atoms with E-state index in [4.69, 9.17) is 9.47 Å². The van der Waals surface area contributed by atoms with Crippen LogP contribution in [0, 0.1) is 0 Å². The minimum Gasteiger partial charge on any atom is -0.493 e. The van der Waals surface area contributed by atoms with Crippen molar-refractivity contribution in [3.63, 3.8) is 0 Å². The van der Waals surface area contributed by atoms with E-state index in [1.54, 1.807) is 26.7 Å². The Kier molecular flexibility index (Phi) is 4.58. The fraction of sp³-hybridized carbons (Fsp3) is 0.300. The lowest BCUT2D eigenvalue weighted by molar-refractivity contribution is 0.201. The Morgan fingerprint density at radius 2 is 2.00 bits per heavy atom. The molecule has 0 saturated carbocycles. The van der Waals surface area contributed by atoms with Gasteiger partial charge in [-0.2, -0.15) is 0 Å². The van der Waals surface area contributed by atoms with E-state index in [2.05, 4.69) is 38.1 Å². The Morgan fingerprint density at radius 1 is 1.15 bits per heavy atom. The van der Waals surface area contributed by atoms with Gasteiger partial charge in [0.1, 0.15) is 0 Å². The molecule has 0 spiro atoms. The number of hydrogen-bond donors (Lipinski definition) is 1. The summed E-state index contributed by atoms with van der Waals surface area (Å²) in [5, 5.41) is 0. The number of aromatic nitrogens is 3. The second-order valence-corrected chi connectivity index (χ2v) is 6.39. The third-order valence-electron chi connectivity index (χ3n) is 4.90. The third-order valence-corrected chi connectivity index (χ3v) is 4.90. The highest BCUT2D eigenvalue weighted by molar-refractivity contribution is 5.51. The van der Waals surface area contributed by atoms with Crippen molar-refractivity contribution in [3.05, 3.63) is 71.6 Å². The van der Waals surface area contributed by atoms with Gasteiger partial charge in [0, 0.05) is 37.4 Å². The van der Waals surface area contributed by atoms with Gasteiger partial charge in [0.2, 0.25) is 0 Å². The van der Waals surface area contributed by atoms with E-state index in [1.807, 2.05) is 18.5 Å². The summed E-state index contributed by atoms with van der Waals surface area (Å²) in [4.78, 5) is 14.1. The quantitative estimate of drug-likeness (QED) is 0.766. The number of rotatable bonds is 5. The van der Waals surface area contributed by atoms with Crippen LogP contribution in [0.5, 0.6) is 11.5 Å². The predicted octanol–water partition coefficient (Wildman–Crippen LogP) is 2.97. The highest BCUT2D eigenvalue weighted by atomic mass is 16.5. The van der Waals surface area contributed by atoms with Gasteiger partial charge in [0.05, 0.1) is 26.6 Å². The number of aromatic amines is 1. The summed E-state index contributed by atoms with van der Waals surface area (Å²) in [5.41, 5.74) is 4.79. The van der Waals surface area contributed by atoms with E-state index in [-0.39, 0.29) is 6.04 Å². The molecule has 0 amide bonds. The van der Waals surface area contributed by atoms with Gasteiger partial charge >= 0.3 is 0 Å². The molecule has 1 aliphatic rings. The van der Waals surface area contributed by atoms with Crippen LogP contribution in [0.1, 0.15) is 28.4 Å². The fourth-order valence-electron chi connectivity index (χ4n) is 3.69. The first-order valence-electron chi connectivity index (χ1n) is 8.66. The van der Waals surface area contributed by atoms with Gasteiger partial charge < -0.3 is 14.5 Å². The fourth-order valence-corrected chi connectivity index (χ4v) is 3.69. The second-order valence-electron chi connectivity index (χ2n) is 6.39. The number of fused-ring (bicyclic) bond motifs is 1. The third kappa shape index (κ3) is 3.04. The van der Waals surface area contributed by atoms with Crippen LogP contribution < -0.4 is 9.47 Å². The molecular weight excluding hydrogens is 328 g/mol. The molecule has 2 aromatic heterocycles. The molecule has 0 fully saturated rings. The number of imidazole rings is 1. The molecule has 0 bridgehead atoms. The first-order valence-corrected chi connectivity index (χ1v) is 8.66. The molecule has 1 atom stereocenters. The van der Waals surface area contributed by atoms with Crippen molar-refractivity contribution >= 4 is 0 Å². The summed E-state index contributed by atoms with van der Waals surface area (Å²) in [7, 11) is 3.35. The highest BCUT2D eigenvalue weighted by Gasteiger charge is 2.30. The van der Waals surface area contributed by atoms with E-state index in [0.29, 0.717) is 0 Å². The van der Waals surface area contributed by atoms with Crippen LogP contribution in [-0.4, -0.2) is 40.6 Å². The maximum absolute atomic E-state index is 5.55. The molecule has 4 rings (SSSR count). The molecule has 1 aromatic carbocycles. The zero-order valence-corrected chi connectivity index (χ0v) is 15.0. The minimum absolute atomic E-state index is 0.107. The molecule has 26 heavy (non-hydrogen) atoms. The Hall–Kier alpha value is -2.86. The van der Waals surface area contributed by atoms with Crippen LogP contribution in [-0.2, 0) is 13.0 Å². The van der Waals surface area contributed by atoms with Crippen molar-refractivity contribution in [2.75, 3.05) is 20.8 Å². The number of nitrogens with zero attached hydrogens (tertiary/aromatic N) is 3. The van der Waals surface area contributed by atoms with E-state index in [1.165, 1.54) is 16.7 Å². The Bertz CT molecular complexity index is 865. The number of ether oxygens (including phenoxy) is 2. The molecule has 134 valence electrons. The molecular formula is C20H22N4O2. The summed E-state index contributed by atoms with van der Waals surface area (Å²) in [6.07, 6.45) is 8.31. The van der Waals surface area contributed by atoms with Crippen LogP contribution >= 0.6 is 0 Å². The van der Waals surface area contributed by atoms with Crippen LogP contribution in [0.25, 0.3) is 0 Å². The van der Waals surface area contributed by atoms with Crippen molar-refractivity contribution in [3.8, 4) is 11.5 Å². The van der Waals surface area contributed by atoms with E-state index in [9.17, 15) is 0 Å². The number of methoxy groups -OCH3 is 2. The summed E-state index contributed by atoms with van der Waals surface area (Å²) in [6, 6.07) is 8.42. The average Bonchev–Trinajstić information content (AvgIpc) is 3.20. The Labute approximate surface area is 152 Å². The maximum Gasteiger partial charge on any atom is 0.161 e. The summed E-state index contributed by atoms with van der Waals surface area (Å²) < 4.78 is 11.0. The van der Waals surface area contributed by atoms with E-state index in [0.717, 1.165) is 36.7 Å². The first-order chi connectivity index (χ1) is 12.8. The topological polar surface area (TPSA) is 63.3 Å². The van der Waals surface area contributed by atoms with Gasteiger partial charge in [-0.3, -0.25) is 9.88 Å². The van der Waals surface area contributed by atoms with Crippen LogP contribution in [0.4, 0.5) is 0 Å². The Morgan fingerprint density at radius 3 is 2.69 bits per heavy atom. The van der Waals surface area contributed by atoms with Gasteiger partial charge in [0.25, 0.3) is 0 Å². The lowest BCUT2D eigenvalue weighted by Crippen LogP contribution is -2.36. The smallest absolute Gasteiger partial charge is 0.161 e. The SMILES string of the molecule is COc1cc2c(cc1OC)[C@@H](c1cccnc1)N(Cc1cnc[nH]1)CC2. The molecule has 1 N–H and O–H groups in total. The summed E-state index contributed by atoms with van der Waals surface area (Å²) in [5.74, 6) is 1.53. The van der Waals surface area contributed by atoms with Gasteiger partial charge in [-0.1, -0.05) is 6.07 Å².